The summed E-state index contributed by atoms with van der Waals surface area (Å²) in [5.74, 6) is 0.664. The number of nitro groups is 1. The van der Waals surface area contributed by atoms with E-state index in [4.69, 9.17) is 22.1 Å². The van der Waals surface area contributed by atoms with E-state index in [1.807, 2.05) is 24.3 Å². The fourth-order valence-corrected chi connectivity index (χ4v) is 2.24. The molecule has 0 heterocycles. The Morgan fingerprint density at radius 3 is 2.67 bits per heavy atom. The number of nitro benzene ring substituents is 1. The number of benzene rings is 2. The summed E-state index contributed by atoms with van der Waals surface area (Å²) < 4.78 is 5.70. The molecular formula is C15H15ClN2O3. The van der Waals surface area contributed by atoms with Crippen LogP contribution < -0.4 is 10.5 Å². The first kappa shape index (κ1) is 15.3. The molecule has 6 heteroatoms. The molecule has 0 aliphatic rings. The number of nitrogens with two attached hydrogens (primary N) is 1. The number of halogens is 1. The van der Waals surface area contributed by atoms with Crippen molar-refractivity contribution >= 4 is 17.3 Å². The molecule has 0 aliphatic heterocycles. The molecule has 0 bridgehead atoms. The third-order valence-corrected chi connectivity index (χ3v) is 3.40. The van der Waals surface area contributed by atoms with Gasteiger partial charge in [-0.1, -0.05) is 35.9 Å². The maximum absolute atomic E-state index is 11.0. The summed E-state index contributed by atoms with van der Waals surface area (Å²) in [4.78, 5) is 10.6. The van der Waals surface area contributed by atoms with Gasteiger partial charge in [0.1, 0.15) is 12.4 Å². The summed E-state index contributed by atoms with van der Waals surface area (Å²) >= 11 is 6.04. The number of hydrogen-bond donors (Lipinski definition) is 1. The minimum Gasteiger partial charge on any atom is -0.488 e. The van der Waals surface area contributed by atoms with Gasteiger partial charge in [-0.3, -0.25) is 10.1 Å². The lowest BCUT2D eigenvalue weighted by Crippen LogP contribution is -2.06. The largest absolute Gasteiger partial charge is 0.488 e. The predicted octanol–water partition coefficient (Wildman–Crippen LogP) is 3.33. The molecule has 0 atom stereocenters. The van der Waals surface area contributed by atoms with Crippen LogP contribution in [0.1, 0.15) is 11.1 Å². The monoisotopic (exact) mass is 306 g/mol. The van der Waals surface area contributed by atoms with Crippen LogP contribution in [-0.4, -0.2) is 11.5 Å². The number of nitrogens with zero attached hydrogens (tertiary/aromatic N) is 1. The van der Waals surface area contributed by atoms with Crippen molar-refractivity contribution < 1.29 is 9.66 Å². The molecule has 0 aliphatic carbocycles. The van der Waals surface area contributed by atoms with Crippen molar-refractivity contribution in [3.05, 3.63) is 68.7 Å². The summed E-state index contributed by atoms with van der Waals surface area (Å²) in [5, 5.41) is 11.3. The van der Waals surface area contributed by atoms with Crippen LogP contribution in [0.15, 0.2) is 42.5 Å². The van der Waals surface area contributed by atoms with Crippen molar-refractivity contribution in [3.63, 3.8) is 0 Å². The molecule has 0 fully saturated rings. The maximum Gasteiger partial charge on any atom is 0.277 e. The highest BCUT2D eigenvalue weighted by Gasteiger charge is 2.17. The van der Waals surface area contributed by atoms with Gasteiger partial charge in [0.2, 0.25) is 0 Å². The van der Waals surface area contributed by atoms with Crippen molar-refractivity contribution in [2.24, 2.45) is 5.73 Å². The highest BCUT2D eigenvalue weighted by molar-refractivity contribution is 6.31. The topological polar surface area (TPSA) is 78.4 Å². The molecule has 0 spiro atoms. The summed E-state index contributed by atoms with van der Waals surface area (Å²) in [5.41, 5.74) is 6.85. The Balaban J connectivity index is 2.23. The Morgan fingerprint density at radius 1 is 1.19 bits per heavy atom. The van der Waals surface area contributed by atoms with Gasteiger partial charge in [-0.25, -0.2) is 0 Å². The van der Waals surface area contributed by atoms with Crippen LogP contribution in [0.3, 0.4) is 0 Å². The Hall–Kier alpha value is -2.11. The second-order valence-electron chi connectivity index (χ2n) is 4.43. The van der Waals surface area contributed by atoms with Gasteiger partial charge in [0.05, 0.1) is 15.5 Å². The normalized spacial score (nSPS) is 10.4. The van der Waals surface area contributed by atoms with Gasteiger partial charge in [0.25, 0.3) is 5.69 Å². The molecule has 0 unspecified atom stereocenters. The van der Waals surface area contributed by atoms with Crippen LogP contribution in [0.25, 0.3) is 0 Å². The van der Waals surface area contributed by atoms with E-state index in [9.17, 15) is 10.1 Å². The number of rotatable bonds is 6. The van der Waals surface area contributed by atoms with Gasteiger partial charge in [-0.15, -0.1) is 0 Å². The first-order valence-electron chi connectivity index (χ1n) is 6.46. The quantitative estimate of drug-likeness (QED) is 0.656. The van der Waals surface area contributed by atoms with Gasteiger partial charge >= 0.3 is 0 Å². The first-order valence-corrected chi connectivity index (χ1v) is 6.84. The van der Waals surface area contributed by atoms with Crippen LogP contribution in [0, 0.1) is 10.1 Å². The Labute approximate surface area is 127 Å². The zero-order chi connectivity index (χ0) is 15.2. The minimum absolute atomic E-state index is 0.0393. The van der Waals surface area contributed by atoms with E-state index in [-0.39, 0.29) is 12.3 Å². The van der Waals surface area contributed by atoms with Gasteiger partial charge < -0.3 is 10.5 Å². The molecule has 0 saturated heterocycles. The number of ether oxygens (including phenoxy) is 1. The molecular weight excluding hydrogens is 292 g/mol. The lowest BCUT2D eigenvalue weighted by Gasteiger charge is -2.12. The first-order chi connectivity index (χ1) is 10.1. The lowest BCUT2D eigenvalue weighted by atomic mass is 10.1. The summed E-state index contributed by atoms with van der Waals surface area (Å²) in [6.07, 6.45) is 0.681. The van der Waals surface area contributed by atoms with Gasteiger partial charge in [0.15, 0.2) is 0 Å². The Bertz CT molecular complexity index is 647. The van der Waals surface area contributed by atoms with Crippen molar-refractivity contribution in [2.75, 3.05) is 6.54 Å². The lowest BCUT2D eigenvalue weighted by molar-refractivity contribution is -0.385. The molecule has 5 nitrogen and oxygen atoms in total. The smallest absolute Gasteiger partial charge is 0.277 e. The van der Waals surface area contributed by atoms with Crippen LogP contribution in [-0.2, 0) is 13.0 Å². The second-order valence-corrected chi connectivity index (χ2v) is 4.84. The molecule has 2 rings (SSSR count). The van der Waals surface area contributed by atoms with E-state index in [0.717, 1.165) is 5.56 Å². The summed E-state index contributed by atoms with van der Waals surface area (Å²) in [7, 11) is 0. The molecule has 110 valence electrons. The molecule has 2 aromatic rings. The summed E-state index contributed by atoms with van der Waals surface area (Å²) in [6, 6.07) is 12.0. The summed E-state index contributed by atoms with van der Waals surface area (Å²) in [6.45, 7) is 0.546. The zero-order valence-electron chi connectivity index (χ0n) is 11.3. The van der Waals surface area contributed by atoms with Crippen molar-refractivity contribution in [1.29, 1.82) is 0 Å². The molecule has 21 heavy (non-hydrogen) atoms. The SMILES string of the molecule is NCCc1ccccc1OCc1c(Cl)cccc1[N+](=O)[O-]. The van der Waals surface area contributed by atoms with Crippen molar-refractivity contribution in [3.8, 4) is 5.75 Å². The van der Waals surface area contributed by atoms with Crippen molar-refractivity contribution in [1.82, 2.24) is 0 Å². The Morgan fingerprint density at radius 2 is 1.95 bits per heavy atom. The van der Waals surface area contributed by atoms with Crippen LogP contribution >= 0.6 is 11.6 Å². The highest BCUT2D eigenvalue weighted by Crippen LogP contribution is 2.28. The third kappa shape index (κ3) is 3.71. The second kappa shape index (κ2) is 7.06. The number of para-hydroxylation sites is 1. The predicted molar refractivity (Wildman–Crippen MR) is 81.6 cm³/mol. The van der Waals surface area contributed by atoms with E-state index in [1.165, 1.54) is 6.07 Å². The maximum atomic E-state index is 11.0. The molecule has 0 aromatic heterocycles. The van der Waals surface area contributed by atoms with Gasteiger partial charge in [-0.2, -0.15) is 0 Å². The van der Waals surface area contributed by atoms with Crippen LogP contribution in [0.2, 0.25) is 5.02 Å². The number of hydrogen-bond acceptors (Lipinski definition) is 4. The van der Waals surface area contributed by atoms with Gasteiger partial charge in [0, 0.05) is 6.07 Å². The minimum atomic E-state index is -0.462. The van der Waals surface area contributed by atoms with Gasteiger partial charge in [-0.05, 0) is 30.7 Å². The average Bonchev–Trinajstić information content (AvgIpc) is 2.47. The van der Waals surface area contributed by atoms with E-state index >= 15 is 0 Å². The molecule has 0 saturated carbocycles. The van der Waals surface area contributed by atoms with Crippen molar-refractivity contribution in [2.45, 2.75) is 13.0 Å². The van der Waals surface area contributed by atoms with Crippen LogP contribution in [0.5, 0.6) is 5.75 Å². The molecule has 2 aromatic carbocycles. The molecule has 2 N–H and O–H groups in total. The standard InChI is InChI=1S/C15H15ClN2O3/c16-13-5-3-6-14(18(19)20)12(13)10-21-15-7-2-1-4-11(15)8-9-17/h1-7H,8-10,17H2. The van der Waals surface area contributed by atoms with E-state index in [0.29, 0.717) is 29.3 Å². The third-order valence-electron chi connectivity index (χ3n) is 3.05. The molecule has 0 amide bonds. The Kier molecular flexibility index (Phi) is 5.14. The van der Waals surface area contributed by atoms with E-state index in [2.05, 4.69) is 0 Å². The highest BCUT2D eigenvalue weighted by atomic mass is 35.5. The van der Waals surface area contributed by atoms with E-state index in [1.54, 1.807) is 12.1 Å². The van der Waals surface area contributed by atoms with E-state index < -0.39 is 4.92 Å². The fourth-order valence-electron chi connectivity index (χ4n) is 2.02. The fraction of sp³-hybridized carbons (Fsp3) is 0.200. The average molecular weight is 307 g/mol. The zero-order valence-corrected chi connectivity index (χ0v) is 12.0. The van der Waals surface area contributed by atoms with Crippen LogP contribution in [0.4, 0.5) is 5.69 Å². The molecule has 0 radical (unpaired) electrons.